The highest BCUT2D eigenvalue weighted by Gasteiger charge is 2.29. The summed E-state index contributed by atoms with van der Waals surface area (Å²) >= 11 is 1.27. The zero-order chi connectivity index (χ0) is 15.7. The fraction of sp³-hybridized carbons (Fsp3) is 0.571. The number of nitrogens with one attached hydrogen (secondary N) is 1. The quantitative estimate of drug-likeness (QED) is 0.795. The van der Waals surface area contributed by atoms with Crippen LogP contribution in [0.1, 0.15) is 33.6 Å². The van der Waals surface area contributed by atoms with Gasteiger partial charge in [0.2, 0.25) is 0 Å². The minimum Gasteiger partial charge on any atom is -0.478 e. The summed E-state index contributed by atoms with van der Waals surface area (Å²) in [4.78, 5) is 25.8. The lowest BCUT2D eigenvalue weighted by Crippen LogP contribution is -2.41. The Balaban J connectivity index is 2.02. The number of aromatic carboxylic acids is 1. The maximum absolute atomic E-state index is 12.1. The first kappa shape index (κ1) is 15.8. The molecule has 0 bridgehead atoms. The smallest absolute Gasteiger partial charge is 0.338 e. The van der Waals surface area contributed by atoms with Crippen molar-refractivity contribution in [2.45, 2.75) is 32.8 Å². The van der Waals surface area contributed by atoms with Crippen molar-refractivity contribution < 1.29 is 19.8 Å². The van der Waals surface area contributed by atoms with E-state index in [1.807, 2.05) is 6.92 Å². The molecular formula is C14H20N2O4S. The van der Waals surface area contributed by atoms with E-state index >= 15 is 0 Å². The first-order valence-corrected chi connectivity index (χ1v) is 7.64. The van der Waals surface area contributed by atoms with Gasteiger partial charge in [-0.2, -0.15) is 0 Å². The van der Waals surface area contributed by atoms with Gasteiger partial charge in [-0.1, -0.05) is 0 Å². The molecule has 0 unspecified atom stereocenters. The number of carboxylic acid groups (broad SMARTS) is 1. The lowest BCUT2D eigenvalue weighted by Gasteiger charge is -2.34. The van der Waals surface area contributed by atoms with E-state index in [9.17, 15) is 19.8 Å². The second kappa shape index (κ2) is 6.03. The van der Waals surface area contributed by atoms with Crippen molar-refractivity contribution >= 4 is 28.3 Å². The molecule has 116 valence electrons. The lowest BCUT2D eigenvalue weighted by molar-refractivity contribution is 0.0332. The average molecular weight is 312 g/mol. The van der Waals surface area contributed by atoms with Crippen LogP contribution in [0.15, 0.2) is 0 Å². The van der Waals surface area contributed by atoms with Gasteiger partial charge >= 0.3 is 12.0 Å². The predicted octanol–water partition coefficient (Wildman–Crippen LogP) is 2.30. The Labute approximate surface area is 127 Å². The molecule has 1 saturated carbocycles. The Hall–Kier alpha value is -1.60. The number of anilines is 1. The largest absolute Gasteiger partial charge is 0.478 e. The van der Waals surface area contributed by atoms with Gasteiger partial charge in [-0.15, -0.1) is 11.3 Å². The van der Waals surface area contributed by atoms with Crippen molar-refractivity contribution in [3.05, 3.63) is 16.0 Å². The molecule has 1 aromatic heterocycles. The van der Waals surface area contributed by atoms with Gasteiger partial charge in [0.05, 0.1) is 11.7 Å². The first-order valence-electron chi connectivity index (χ1n) is 6.83. The summed E-state index contributed by atoms with van der Waals surface area (Å²) in [5.74, 6) is -0.710. The molecule has 2 amide bonds. The number of carbonyl (C=O) groups excluding carboxylic acids is 1. The Kier molecular flexibility index (Phi) is 4.53. The summed E-state index contributed by atoms with van der Waals surface area (Å²) < 4.78 is 0. The normalized spacial score (nSPS) is 20.8. The Bertz CT molecular complexity index is 564. The van der Waals surface area contributed by atoms with Crippen molar-refractivity contribution in [1.29, 1.82) is 0 Å². The van der Waals surface area contributed by atoms with Gasteiger partial charge in [-0.05, 0) is 38.2 Å². The zero-order valence-corrected chi connectivity index (χ0v) is 13.2. The van der Waals surface area contributed by atoms with Crippen molar-refractivity contribution in [2.24, 2.45) is 5.92 Å². The van der Waals surface area contributed by atoms with Crippen molar-refractivity contribution in [3.8, 4) is 0 Å². The molecule has 21 heavy (non-hydrogen) atoms. The lowest BCUT2D eigenvalue weighted by atomic mass is 9.82. The minimum atomic E-state index is -1.03. The van der Waals surface area contributed by atoms with E-state index in [2.05, 4.69) is 5.32 Å². The van der Waals surface area contributed by atoms with Crippen LogP contribution in [0.25, 0.3) is 0 Å². The predicted molar refractivity (Wildman–Crippen MR) is 81.1 cm³/mol. The maximum Gasteiger partial charge on any atom is 0.338 e. The number of hydrogen-bond acceptors (Lipinski definition) is 4. The highest BCUT2D eigenvalue weighted by molar-refractivity contribution is 7.16. The van der Waals surface area contributed by atoms with Crippen molar-refractivity contribution in [2.75, 3.05) is 18.9 Å². The molecule has 1 aliphatic rings. The fourth-order valence-electron chi connectivity index (χ4n) is 2.48. The molecule has 0 atom stereocenters. The van der Waals surface area contributed by atoms with Gasteiger partial charge in [0, 0.05) is 18.5 Å². The maximum atomic E-state index is 12.1. The number of aryl methyl sites for hydroxylation is 1. The molecule has 3 N–H and O–H groups in total. The van der Waals surface area contributed by atoms with Crippen LogP contribution in [0.3, 0.4) is 0 Å². The standard InChI is InChI=1S/C14H20N2O4S/c1-7-8(2)21-12(11(7)13(18)19)15-14(20)16(3)6-9-4-10(17)5-9/h9-10,17H,4-6H2,1-3H3,(H,15,20)(H,18,19). The molecule has 6 nitrogen and oxygen atoms in total. The second-order valence-electron chi connectivity index (χ2n) is 5.59. The number of thiophene rings is 1. The molecular weight excluding hydrogens is 292 g/mol. The Morgan fingerprint density at radius 2 is 2.00 bits per heavy atom. The molecule has 2 rings (SSSR count). The highest BCUT2D eigenvalue weighted by Crippen LogP contribution is 2.33. The molecule has 1 fully saturated rings. The summed E-state index contributed by atoms with van der Waals surface area (Å²) in [5, 5.41) is 21.6. The van der Waals surface area contributed by atoms with E-state index in [0.29, 0.717) is 23.0 Å². The van der Waals surface area contributed by atoms with Crippen LogP contribution >= 0.6 is 11.3 Å². The number of hydrogen-bond donors (Lipinski definition) is 3. The number of rotatable bonds is 4. The highest BCUT2D eigenvalue weighted by atomic mass is 32.1. The number of aliphatic hydroxyl groups excluding tert-OH is 1. The molecule has 0 saturated heterocycles. The van der Waals surface area contributed by atoms with Crippen LogP contribution in [-0.4, -0.2) is 46.8 Å². The van der Waals surface area contributed by atoms with E-state index in [4.69, 9.17) is 0 Å². The minimum absolute atomic E-state index is 0.165. The third kappa shape index (κ3) is 3.36. The van der Waals surface area contributed by atoms with E-state index < -0.39 is 5.97 Å². The van der Waals surface area contributed by atoms with E-state index in [1.54, 1.807) is 14.0 Å². The molecule has 0 aromatic carbocycles. The Morgan fingerprint density at radius 3 is 2.52 bits per heavy atom. The number of amides is 2. The summed E-state index contributed by atoms with van der Waals surface area (Å²) in [5.41, 5.74) is 0.853. The van der Waals surface area contributed by atoms with Crippen LogP contribution < -0.4 is 5.32 Å². The van der Waals surface area contributed by atoms with Gasteiger partial charge in [-0.3, -0.25) is 5.32 Å². The van der Waals surface area contributed by atoms with Gasteiger partial charge in [0.15, 0.2) is 0 Å². The third-order valence-electron chi connectivity index (χ3n) is 3.91. The molecule has 7 heteroatoms. The molecule has 1 aromatic rings. The molecule has 0 spiro atoms. The van der Waals surface area contributed by atoms with Crippen LogP contribution in [0.5, 0.6) is 0 Å². The van der Waals surface area contributed by atoms with Gasteiger partial charge in [-0.25, -0.2) is 9.59 Å². The molecule has 0 radical (unpaired) electrons. The van der Waals surface area contributed by atoms with Gasteiger partial charge in [0.25, 0.3) is 0 Å². The summed E-state index contributed by atoms with van der Waals surface area (Å²) in [6.07, 6.45) is 1.19. The second-order valence-corrected chi connectivity index (χ2v) is 6.82. The number of carbonyl (C=O) groups is 2. The number of aliphatic hydroxyl groups is 1. The monoisotopic (exact) mass is 312 g/mol. The summed E-state index contributed by atoms with van der Waals surface area (Å²) in [6, 6.07) is -0.319. The van der Waals surface area contributed by atoms with Crippen molar-refractivity contribution in [3.63, 3.8) is 0 Å². The Morgan fingerprint density at radius 1 is 1.38 bits per heavy atom. The molecule has 0 aliphatic heterocycles. The van der Waals surface area contributed by atoms with Crippen LogP contribution in [0.2, 0.25) is 0 Å². The zero-order valence-electron chi connectivity index (χ0n) is 12.3. The first-order chi connectivity index (χ1) is 9.79. The fourth-order valence-corrected chi connectivity index (χ4v) is 3.53. The van der Waals surface area contributed by atoms with E-state index in [1.165, 1.54) is 16.2 Å². The summed E-state index contributed by atoms with van der Waals surface area (Å²) in [6.45, 7) is 4.14. The topological polar surface area (TPSA) is 89.9 Å². The van der Waals surface area contributed by atoms with Gasteiger partial charge < -0.3 is 15.1 Å². The van der Waals surface area contributed by atoms with Crippen LogP contribution in [0.4, 0.5) is 9.80 Å². The van der Waals surface area contributed by atoms with Crippen LogP contribution in [-0.2, 0) is 0 Å². The molecule has 1 heterocycles. The number of urea groups is 1. The third-order valence-corrected chi connectivity index (χ3v) is 5.03. The average Bonchev–Trinajstić information content (AvgIpc) is 2.62. The number of nitrogens with zero attached hydrogens (tertiary/aromatic N) is 1. The SMILES string of the molecule is Cc1sc(NC(=O)N(C)CC2CC(O)C2)c(C(=O)O)c1C. The van der Waals surface area contributed by atoms with Gasteiger partial charge in [0.1, 0.15) is 5.00 Å². The van der Waals surface area contributed by atoms with Crippen molar-refractivity contribution in [1.82, 2.24) is 4.90 Å². The van der Waals surface area contributed by atoms with E-state index in [-0.39, 0.29) is 17.7 Å². The number of carboxylic acids is 1. The summed E-state index contributed by atoms with van der Waals surface area (Å²) in [7, 11) is 1.67. The van der Waals surface area contributed by atoms with E-state index in [0.717, 1.165) is 17.7 Å². The molecule has 1 aliphatic carbocycles. The van der Waals surface area contributed by atoms with Crippen LogP contribution in [0, 0.1) is 19.8 Å².